The molecule has 2 bridgehead atoms. The van der Waals surface area contributed by atoms with Gasteiger partial charge in [-0.05, 0) is 33.6 Å². The first-order valence-corrected chi connectivity index (χ1v) is 8.52. The average Bonchev–Trinajstić information content (AvgIpc) is 2.35. The van der Waals surface area contributed by atoms with Crippen LogP contribution in [-0.2, 0) is 28.2 Å². The summed E-state index contributed by atoms with van der Waals surface area (Å²) in [6, 6.07) is -0.529. The van der Waals surface area contributed by atoms with Gasteiger partial charge >= 0.3 is 16.5 Å². The summed E-state index contributed by atoms with van der Waals surface area (Å²) in [5, 5.41) is 0. The number of morpholine rings is 1. The SMILES string of the molecule is COS(=O)(=O)OC1CC2COCC(C1)N2C(=O)OC(C)(C)C. The molecule has 0 radical (unpaired) electrons. The molecule has 128 valence electrons. The van der Waals surface area contributed by atoms with E-state index in [9.17, 15) is 13.2 Å². The third kappa shape index (κ3) is 4.31. The molecule has 9 heteroatoms. The van der Waals surface area contributed by atoms with Crippen molar-refractivity contribution in [1.29, 1.82) is 0 Å². The van der Waals surface area contributed by atoms with Crippen LogP contribution in [0.15, 0.2) is 0 Å². The van der Waals surface area contributed by atoms with Gasteiger partial charge in [-0.15, -0.1) is 0 Å². The molecule has 0 aromatic carbocycles. The van der Waals surface area contributed by atoms with Crippen LogP contribution >= 0.6 is 0 Å². The van der Waals surface area contributed by atoms with Crippen LogP contribution in [0.4, 0.5) is 4.79 Å². The molecule has 2 rings (SSSR count). The lowest BCUT2D eigenvalue weighted by Gasteiger charge is -2.47. The molecule has 0 saturated carbocycles. The number of carbonyl (C=O) groups is 1. The van der Waals surface area contributed by atoms with E-state index in [0.29, 0.717) is 26.1 Å². The Morgan fingerprint density at radius 3 is 2.18 bits per heavy atom. The topological polar surface area (TPSA) is 91.4 Å². The summed E-state index contributed by atoms with van der Waals surface area (Å²) in [6.07, 6.45) is -0.210. The van der Waals surface area contributed by atoms with Gasteiger partial charge in [-0.2, -0.15) is 8.42 Å². The Hall–Kier alpha value is -0.900. The molecule has 0 aliphatic carbocycles. The minimum Gasteiger partial charge on any atom is -0.444 e. The van der Waals surface area contributed by atoms with Gasteiger partial charge in [-0.1, -0.05) is 0 Å². The van der Waals surface area contributed by atoms with Gasteiger partial charge in [0.15, 0.2) is 0 Å². The summed E-state index contributed by atoms with van der Waals surface area (Å²) in [4.78, 5) is 14.0. The molecule has 0 N–H and O–H groups in total. The number of hydrogen-bond donors (Lipinski definition) is 0. The predicted molar refractivity (Wildman–Crippen MR) is 76.5 cm³/mol. The molecular weight excluding hydrogens is 314 g/mol. The van der Waals surface area contributed by atoms with Crippen molar-refractivity contribution in [3.8, 4) is 0 Å². The molecule has 2 unspecified atom stereocenters. The van der Waals surface area contributed by atoms with E-state index < -0.39 is 28.2 Å². The standard InChI is InChI=1S/C13H23NO7S/c1-13(2,3)20-12(15)14-9-5-11(21-22(16,17)18-4)6-10(14)8-19-7-9/h9-11H,5-8H2,1-4H3. The highest BCUT2D eigenvalue weighted by Crippen LogP contribution is 2.31. The van der Waals surface area contributed by atoms with Crippen LogP contribution in [0.1, 0.15) is 33.6 Å². The van der Waals surface area contributed by atoms with E-state index in [-0.39, 0.29) is 12.1 Å². The Kier molecular flexibility index (Phi) is 5.00. The van der Waals surface area contributed by atoms with Crippen molar-refractivity contribution in [2.24, 2.45) is 0 Å². The van der Waals surface area contributed by atoms with Gasteiger partial charge < -0.3 is 9.47 Å². The van der Waals surface area contributed by atoms with Gasteiger partial charge in [-0.25, -0.2) is 8.98 Å². The van der Waals surface area contributed by atoms with Crippen molar-refractivity contribution in [2.75, 3.05) is 20.3 Å². The minimum absolute atomic E-state index is 0.264. The quantitative estimate of drug-likeness (QED) is 0.760. The molecule has 1 amide bonds. The van der Waals surface area contributed by atoms with E-state index in [1.807, 2.05) is 0 Å². The van der Waals surface area contributed by atoms with E-state index >= 15 is 0 Å². The average molecular weight is 337 g/mol. The number of ether oxygens (including phenoxy) is 2. The number of piperidine rings is 1. The smallest absolute Gasteiger partial charge is 0.410 e. The lowest BCUT2D eigenvalue weighted by molar-refractivity contribution is -0.0997. The zero-order valence-electron chi connectivity index (χ0n) is 13.3. The van der Waals surface area contributed by atoms with Gasteiger partial charge in [0.2, 0.25) is 0 Å². The maximum Gasteiger partial charge on any atom is 0.410 e. The van der Waals surface area contributed by atoms with Crippen molar-refractivity contribution in [2.45, 2.75) is 57.4 Å². The normalized spacial score (nSPS) is 29.3. The zero-order chi connectivity index (χ0) is 16.5. The molecule has 0 aromatic heterocycles. The van der Waals surface area contributed by atoms with Crippen LogP contribution in [0.25, 0.3) is 0 Å². The number of amides is 1. The fourth-order valence-corrected chi connectivity index (χ4v) is 3.33. The third-order valence-corrected chi connectivity index (χ3v) is 4.46. The van der Waals surface area contributed by atoms with Crippen LogP contribution in [0, 0.1) is 0 Å². The van der Waals surface area contributed by atoms with Crippen molar-refractivity contribution in [3.63, 3.8) is 0 Å². The monoisotopic (exact) mass is 337 g/mol. The maximum atomic E-state index is 12.3. The summed E-state index contributed by atoms with van der Waals surface area (Å²) < 4.78 is 43.0. The molecule has 2 saturated heterocycles. The highest BCUT2D eigenvalue weighted by molar-refractivity contribution is 7.81. The second kappa shape index (κ2) is 6.31. The molecule has 2 atom stereocenters. The fourth-order valence-electron chi connectivity index (χ4n) is 2.76. The Bertz CT molecular complexity index is 499. The summed E-state index contributed by atoms with van der Waals surface area (Å²) in [7, 11) is -2.94. The maximum absolute atomic E-state index is 12.3. The Morgan fingerprint density at radius 2 is 1.73 bits per heavy atom. The van der Waals surface area contributed by atoms with Gasteiger partial charge in [0, 0.05) is 0 Å². The second-order valence-electron chi connectivity index (χ2n) is 6.50. The highest BCUT2D eigenvalue weighted by atomic mass is 32.3. The molecule has 2 aliphatic rings. The third-order valence-electron chi connectivity index (χ3n) is 3.54. The van der Waals surface area contributed by atoms with Crippen LogP contribution < -0.4 is 0 Å². The van der Waals surface area contributed by atoms with Gasteiger partial charge in [-0.3, -0.25) is 9.08 Å². The first-order chi connectivity index (χ1) is 10.1. The molecule has 2 fully saturated rings. The second-order valence-corrected chi connectivity index (χ2v) is 7.84. The van der Waals surface area contributed by atoms with E-state index in [0.717, 1.165) is 7.11 Å². The first-order valence-electron chi connectivity index (χ1n) is 7.19. The molecule has 2 heterocycles. The van der Waals surface area contributed by atoms with Crippen molar-refractivity contribution in [3.05, 3.63) is 0 Å². The molecular formula is C13H23NO7S. The van der Waals surface area contributed by atoms with Crippen molar-refractivity contribution < 1.29 is 31.1 Å². The van der Waals surface area contributed by atoms with Gasteiger partial charge in [0.25, 0.3) is 0 Å². The molecule has 2 aliphatic heterocycles. The molecule has 8 nitrogen and oxygen atoms in total. The Labute approximate surface area is 131 Å². The number of carbonyl (C=O) groups excluding carboxylic acids is 1. The molecule has 0 aromatic rings. The number of hydrogen-bond acceptors (Lipinski definition) is 7. The van der Waals surface area contributed by atoms with Gasteiger partial charge in [0.05, 0.1) is 38.5 Å². The van der Waals surface area contributed by atoms with Crippen LogP contribution in [-0.4, -0.2) is 63.5 Å². The molecule has 22 heavy (non-hydrogen) atoms. The predicted octanol–water partition coefficient (Wildman–Crippen LogP) is 1.06. The zero-order valence-corrected chi connectivity index (χ0v) is 14.1. The van der Waals surface area contributed by atoms with Crippen molar-refractivity contribution >= 4 is 16.5 Å². The van der Waals surface area contributed by atoms with E-state index in [1.54, 1.807) is 25.7 Å². The minimum atomic E-state index is -3.99. The van der Waals surface area contributed by atoms with E-state index in [4.69, 9.17) is 13.7 Å². The summed E-state index contributed by atoms with van der Waals surface area (Å²) >= 11 is 0. The molecule has 0 spiro atoms. The van der Waals surface area contributed by atoms with Crippen LogP contribution in [0.5, 0.6) is 0 Å². The summed E-state index contributed by atoms with van der Waals surface area (Å²) in [5.41, 5.74) is -0.584. The fraction of sp³-hybridized carbons (Fsp3) is 0.923. The lowest BCUT2D eigenvalue weighted by atomic mass is 9.92. The van der Waals surface area contributed by atoms with Crippen molar-refractivity contribution in [1.82, 2.24) is 4.90 Å². The van der Waals surface area contributed by atoms with E-state index in [2.05, 4.69) is 4.18 Å². The van der Waals surface area contributed by atoms with Gasteiger partial charge in [0.1, 0.15) is 5.60 Å². The largest absolute Gasteiger partial charge is 0.444 e. The van der Waals surface area contributed by atoms with Crippen LogP contribution in [0.3, 0.4) is 0 Å². The lowest BCUT2D eigenvalue weighted by Crippen LogP contribution is -2.61. The highest BCUT2D eigenvalue weighted by Gasteiger charge is 2.44. The van der Waals surface area contributed by atoms with Crippen LogP contribution in [0.2, 0.25) is 0 Å². The summed E-state index contributed by atoms with van der Waals surface area (Å²) in [5.74, 6) is 0. The number of fused-ring (bicyclic) bond motifs is 2. The number of rotatable bonds is 3. The van der Waals surface area contributed by atoms with E-state index in [1.165, 1.54) is 0 Å². The Balaban J connectivity index is 2.07. The summed E-state index contributed by atoms with van der Waals surface area (Å²) in [6.45, 7) is 6.08. The first kappa shape index (κ1) is 17.5. The number of nitrogens with zero attached hydrogens (tertiary/aromatic N) is 1. The Morgan fingerprint density at radius 1 is 1.18 bits per heavy atom.